The molecular weight excluding hydrogens is 347 g/mol. The number of benzene rings is 1. The molecule has 1 aromatic heterocycles. The molecule has 0 aliphatic carbocycles. The average Bonchev–Trinajstić information content (AvgIpc) is 2.55. The van der Waals surface area contributed by atoms with E-state index < -0.39 is 0 Å². The van der Waals surface area contributed by atoms with Crippen molar-refractivity contribution in [2.45, 2.75) is 0 Å². The molecular formula is C17H18Cl2N4O. The van der Waals surface area contributed by atoms with Crippen LogP contribution in [0.1, 0.15) is 10.4 Å². The molecule has 0 radical (unpaired) electrons. The van der Waals surface area contributed by atoms with Crippen molar-refractivity contribution in [3.05, 3.63) is 52.1 Å². The van der Waals surface area contributed by atoms with E-state index in [2.05, 4.69) is 22.2 Å². The third kappa shape index (κ3) is 4.17. The highest BCUT2D eigenvalue weighted by molar-refractivity contribution is 6.35. The Morgan fingerprint density at radius 3 is 2.33 bits per heavy atom. The minimum absolute atomic E-state index is 0.0213. The van der Waals surface area contributed by atoms with E-state index in [4.69, 9.17) is 23.2 Å². The molecule has 1 aromatic carbocycles. The highest BCUT2D eigenvalue weighted by Crippen LogP contribution is 2.24. The van der Waals surface area contributed by atoms with Crippen LogP contribution in [0, 0.1) is 0 Å². The van der Waals surface area contributed by atoms with Crippen molar-refractivity contribution >= 4 is 40.6 Å². The SMILES string of the molecule is CN1CCN(C(=O)c2ccc(Nc3cc(Cl)cc(Cl)c3)nc2)CC1. The van der Waals surface area contributed by atoms with E-state index in [0.29, 0.717) is 21.4 Å². The van der Waals surface area contributed by atoms with Crippen LogP contribution < -0.4 is 5.32 Å². The Morgan fingerprint density at radius 1 is 1.08 bits per heavy atom. The van der Waals surface area contributed by atoms with Crippen LogP contribution in [0.15, 0.2) is 36.5 Å². The van der Waals surface area contributed by atoms with E-state index in [1.807, 2.05) is 4.90 Å². The molecule has 0 saturated carbocycles. The number of aromatic nitrogens is 1. The van der Waals surface area contributed by atoms with E-state index in [1.165, 1.54) is 0 Å². The normalized spacial score (nSPS) is 15.4. The van der Waals surface area contributed by atoms with E-state index in [-0.39, 0.29) is 5.91 Å². The summed E-state index contributed by atoms with van der Waals surface area (Å²) >= 11 is 12.0. The molecule has 2 aromatic rings. The summed E-state index contributed by atoms with van der Waals surface area (Å²) in [5.41, 5.74) is 1.34. The Kier molecular flexibility index (Phi) is 5.23. The van der Waals surface area contributed by atoms with Crippen molar-refractivity contribution in [3.8, 4) is 0 Å². The molecule has 1 aliphatic heterocycles. The fourth-order valence-corrected chi connectivity index (χ4v) is 3.09. The quantitative estimate of drug-likeness (QED) is 0.904. The zero-order valence-electron chi connectivity index (χ0n) is 13.3. The highest BCUT2D eigenvalue weighted by atomic mass is 35.5. The Balaban J connectivity index is 1.67. The first kappa shape index (κ1) is 17.0. The summed E-state index contributed by atoms with van der Waals surface area (Å²) in [6.45, 7) is 3.29. The van der Waals surface area contributed by atoms with Crippen LogP contribution in [-0.4, -0.2) is 53.9 Å². The topological polar surface area (TPSA) is 48.5 Å². The monoisotopic (exact) mass is 364 g/mol. The van der Waals surface area contributed by atoms with Crippen LogP contribution in [0.3, 0.4) is 0 Å². The van der Waals surface area contributed by atoms with Gasteiger partial charge in [0.1, 0.15) is 5.82 Å². The maximum atomic E-state index is 12.5. The van der Waals surface area contributed by atoms with Crippen molar-refractivity contribution in [2.24, 2.45) is 0 Å². The summed E-state index contributed by atoms with van der Waals surface area (Å²) in [6, 6.07) is 8.75. The predicted molar refractivity (Wildman–Crippen MR) is 97.4 cm³/mol. The number of halogens is 2. The molecule has 0 spiro atoms. The van der Waals surface area contributed by atoms with Crippen LogP contribution in [0.2, 0.25) is 10.0 Å². The van der Waals surface area contributed by atoms with Gasteiger partial charge in [0.2, 0.25) is 0 Å². The number of nitrogens with zero attached hydrogens (tertiary/aromatic N) is 3. The summed E-state index contributed by atoms with van der Waals surface area (Å²) < 4.78 is 0. The lowest BCUT2D eigenvalue weighted by atomic mass is 10.2. The number of piperazine rings is 1. The number of pyridine rings is 1. The number of rotatable bonds is 3. The molecule has 7 heteroatoms. The Labute approximate surface area is 151 Å². The second-order valence-corrected chi connectivity index (χ2v) is 6.68. The smallest absolute Gasteiger partial charge is 0.255 e. The first-order valence-corrected chi connectivity index (χ1v) is 8.44. The van der Waals surface area contributed by atoms with Gasteiger partial charge in [0, 0.05) is 48.1 Å². The molecule has 2 heterocycles. The number of carbonyl (C=O) groups excluding carboxylic acids is 1. The van der Waals surface area contributed by atoms with Gasteiger partial charge in [0.25, 0.3) is 5.91 Å². The molecule has 1 amide bonds. The van der Waals surface area contributed by atoms with E-state index in [9.17, 15) is 4.79 Å². The standard InChI is InChI=1S/C17H18Cl2N4O/c1-22-4-6-23(7-5-22)17(24)12-2-3-16(20-11-12)21-15-9-13(18)8-14(19)10-15/h2-3,8-11H,4-7H2,1H3,(H,20,21). The molecule has 5 nitrogen and oxygen atoms in total. The third-order valence-electron chi connectivity index (χ3n) is 3.94. The maximum absolute atomic E-state index is 12.5. The van der Waals surface area contributed by atoms with Gasteiger partial charge in [0.15, 0.2) is 0 Å². The minimum atomic E-state index is 0.0213. The van der Waals surface area contributed by atoms with Gasteiger partial charge in [0.05, 0.1) is 5.56 Å². The largest absolute Gasteiger partial charge is 0.340 e. The first-order chi connectivity index (χ1) is 11.5. The molecule has 24 heavy (non-hydrogen) atoms. The molecule has 1 saturated heterocycles. The molecule has 0 unspecified atom stereocenters. The Morgan fingerprint density at radius 2 is 1.75 bits per heavy atom. The van der Waals surface area contributed by atoms with Crippen molar-refractivity contribution < 1.29 is 4.79 Å². The van der Waals surface area contributed by atoms with E-state index >= 15 is 0 Å². The van der Waals surface area contributed by atoms with Gasteiger partial charge < -0.3 is 15.1 Å². The van der Waals surface area contributed by atoms with Crippen LogP contribution in [0.4, 0.5) is 11.5 Å². The molecule has 126 valence electrons. The van der Waals surface area contributed by atoms with Gasteiger partial charge in [-0.05, 0) is 37.4 Å². The maximum Gasteiger partial charge on any atom is 0.255 e. The third-order valence-corrected chi connectivity index (χ3v) is 4.37. The number of amides is 1. The highest BCUT2D eigenvalue weighted by Gasteiger charge is 2.20. The number of likely N-dealkylation sites (N-methyl/N-ethyl adjacent to an activating group) is 1. The number of hydrogen-bond acceptors (Lipinski definition) is 4. The summed E-state index contributed by atoms with van der Waals surface area (Å²) in [4.78, 5) is 20.9. The van der Waals surface area contributed by atoms with Crippen molar-refractivity contribution in [1.29, 1.82) is 0 Å². The van der Waals surface area contributed by atoms with Crippen LogP contribution in [0.5, 0.6) is 0 Å². The summed E-state index contributed by atoms with van der Waals surface area (Å²) in [6.07, 6.45) is 1.59. The first-order valence-electron chi connectivity index (χ1n) is 7.68. The fourth-order valence-electron chi connectivity index (χ4n) is 2.56. The molecule has 1 aliphatic rings. The molecule has 0 bridgehead atoms. The average molecular weight is 365 g/mol. The molecule has 1 fully saturated rings. The second-order valence-electron chi connectivity index (χ2n) is 5.81. The van der Waals surface area contributed by atoms with Gasteiger partial charge in [-0.3, -0.25) is 4.79 Å². The van der Waals surface area contributed by atoms with Crippen LogP contribution >= 0.6 is 23.2 Å². The number of anilines is 2. The van der Waals surface area contributed by atoms with Crippen LogP contribution in [-0.2, 0) is 0 Å². The van der Waals surface area contributed by atoms with Crippen molar-refractivity contribution in [2.75, 3.05) is 38.5 Å². The van der Waals surface area contributed by atoms with E-state index in [1.54, 1.807) is 36.5 Å². The lowest BCUT2D eigenvalue weighted by molar-refractivity contribution is 0.0663. The zero-order chi connectivity index (χ0) is 17.1. The zero-order valence-corrected chi connectivity index (χ0v) is 14.8. The van der Waals surface area contributed by atoms with Gasteiger partial charge in [-0.15, -0.1) is 0 Å². The van der Waals surface area contributed by atoms with Gasteiger partial charge in [-0.1, -0.05) is 23.2 Å². The molecule has 3 rings (SSSR count). The Bertz CT molecular complexity index is 708. The summed E-state index contributed by atoms with van der Waals surface area (Å²) in [5, 5.41) is 4.22. The van der Waals surface area contributed by atoms with Crippen LogP contribution in [0.25, 0.3) is 0 Å². The summed E-state index contributed by atoms with van der Waals surface area (Å²) in [7, 11) is 2.06. The van der Waals surface area contributed by atoms with E-state index in [0.717, 1.165) is 31.9 Å². The molecule has 0 atom stereocenters. The lowest BCUT2D eigenvalue weighted by Gasteiger charge is -2.32. The minimum Gasteiger partial charge on any atom is -0.340 e. The predicted octanol–water partition coefficient (Wildman–Crippen LogP) is 3.52. The van der Waals surface area contributed by atoms with Crippen molar-refractivity contribution in [1.82, 2.24) is 14.8 Å². The molecule has 1 N–H and O–H groups in total. The van der Waals surface area contributed by atoms with Gasteiger partial charge in [-0.25, -0.2) is 4.98 Å². The van der Waals surface area contributed by atoms with Gasteiger partial charge >= 0.3 is 0 Å². The number of carbonyl (C=O) groups is 1. The number of nitrogens with one attached hydrogen (secondary N) is 1. The second kappa shape index (κ2) is 7.38. The summed E-state index contributed by atoms with van der Waals surface area (Å²) in [5.74, 6) is 0.649. The Hall–Kier alpha value is -1.82. The van der Waals surface area contributed by atoms with Gasteiger partial charge in [-0.2, -0.15) is 0 Å². The fraction of sp³-hybridized carbons (Fsp3) is 0.294. The lowest BCUT2D eigenvalue weighted by Crippen LogP contribution is -2.47. The number of hydrogen-bond donors (Lipinski definition) is 1. The van der Waals surface area contributed by atoms with Crippen molar-refractivity contribution in [3.63, 3.8) is 0 Å².